The summed E-state index contributed by atoms with van der Waals surface area (Å²) in [6.07, 6.45) is 8.87. The molecule has 2 rings (SSSR count). The van der Waals surface area contributed by atoms with Crippen molar-refractivity contribution in [3.8, 4) is 0 Å². The summed E-state index contributed by atoms with van der Waals surface area (Å²) in [5.74, 6) is 1.39. The molecule has 0 aromatic heterocycles. The summed E-state index contributed by atoms with van der Waals surface area (Å²) in [5, 5.41) is 10.8. The first kappa shape index (κ1) is 14.3. The molecular weight excluding hydrogens is 222 g/mol. The molecule has 1 saturated heterocycles. The van der Waals surface area contributed by atoms with E-state index in [1.807, 2.05) is 0 Å². The standard InChI is InChI=1S/C16H31NO/c1-13-7-9-14(10-8-13)15(18)16(2,3)17-11-5-4-6-12-17/h13-15,18H,4-12H2,1-3H3. The predicted molar refractivity (Wildman–Crippen MR) is 76.6 cm³/mol. The van der Waals surface area contributed by atoms with Gasteiger partial charge in [0.05, 0.1) is 6.10 Å². The lowest BCUT2D eigenvalue weighted by atomic mass is 9.74. The average molecular weight is 253 g/mol. The molecule has 0 aromatic rings. The fourth-order valence-corrected chi connectivity index (χ4v) is 3.84. The Labute approximate surface area is 113 Å². The molecule has 1 atom stereocenters. The number of piperidine rings is 1. The van der Waals surface area contributed by atoms with E-state index in [9.17, 15) is 5.11 Å². The summed E-state index contributed by atoms with van der Waals surface area (Å²) in [6, 6.07) is 0. The van der Waals surface area contributed by atoms with Crippen LogP contribution in [0.3, 0.4) is 0 Å². The largest absolute Gasteiger partial charge is 0.391 e. The number of aliphatic hydroxyl groups is 1. The lowest BCUT2D eigenvalue weighted by molar-refractivity contribution is -0.0593. The fourth-order valence-electron chi connectivity index (χ4n) is 3.84. The van der Waals surface area contributed by atoms with Crippen molar-refractivity contribution >= 4 is 0 Å². The molecular formula is C16H31NO. The molecule has 0 amide bonds. The molecule has 1 aliphatic heterocycles. The highest BCUT2D eigenvalue weighted by Gasteiger charge is 2.39. The Morgan fingerprint density at radius 3 is 2.11 bits per heavy atom. The van der Waals surface area contributed by atoms with Crippen LogP contribution >= 0.6 is 0 Å². The van der Waals surface area contributed by atoms with Crippen molar-refractivity contribution in [3.05, 3.63) is 0 Å². The molecule has 0 bridgehead atoms. The molecule has 1 unspecified atom stereocenters. The van der Waals surface area contributed by atoms with E-state index in [-0.39, 0.29) is 11.6 Å². The summed E-state index contributed by atoms with van der Waals surface area (Å²) in [5.41, 5.74) is -0.0360. The second-order valence-corrected chi connectivity index (χ2v) is 7.17. The number of nitrogens with zero attached hydrogens (tertiary/aromatic N) is 1. The van der Waals surface area contributed by atoms with Crippen LogP contribution in [0.5, 0.6) is 0 Å². The molecule has 1 N–H and O–H groups in total. The molecule has 2 heteroatoms. The van der Waals surface area contributed by atoms with Crippen molar-refractivity contribution in [2.75, 3.05) is 13.1 Å². The van der Waals surface area contributed by atoms with Crippen molar-refractivity contribution in [2.45, 2.75) is 77.4 Å². The van der Waals surface area contributed by atoms with Crippen molar-refractivity contribution in [3.63, 3.8) is 0 Å². The Bertz CT molecular complexity index is 250. The Morgan fingerprint density at radius 2 is 1.56 bits per heavy atom. The van der Waals surface area contributed by atoms with Gasteiger partial charge in [-0.05, 0) is 64.5 Å². The van der Waals surface area contributed by atoms with Gasteiger partial charge in [-0.15, -0.1) is 0 Å². The average Bonchev–Trinajstić information content (AvgIpc) is 2.40. The van der Waals surface area contributed by atoms with Gasteiger partial charge in [-0.25, -0.2) is 0 Å². The minimum atomic E-state index is -0.150. The highest BCUT2D eigenvalue weighted by Crippen LogP contribution is 2.36. The molecule has 1 heterocycles. The molecule has 0 spiro atoms. The van der Waals surface area contributed by atoms with Crippen LogP contribution in [-0.4, -0.2) is 34.7 Å². The summed E-state index contributed by atoms with van der Waals surface area (Å²) in [4.78, 5) is 2.53. The molecule has 0 radical (unpaired) electrons. The second kappa shape index (κ2) is 5.92. The van der Waals surface area contributed by atoms with Gasteiger partial charge in [0.1, 0.15) is 0 Å². The smallest absolute Gasteiger partial charge is 0.0746 e. The first-order chi connectivity index (χ1) is 8.51. The highest BCUT2D eigenvalue weighted by atomic mass is 16.3. The van der Waals surface area contributed by atoms with Gasteiger partial charge in [-0.1, -0.05) is 26.2 Å². The van der Waals surface area contributed by atoms with E-state index in [0.717, 1.165) is 5.92 Å². The minimum Gasteiger partial charge on any atom is -0.391 e. The third kappa shape index (κ3) is 3.08. The normalized spacial score (nSPS) is 33.3. The Hall–Kier alpha value is -0.0800. The SMILES string of the molecule is CC1CCC(C(O)C(C)(C)N2CCCCC2)CC1. The van der Waals surface area contributed by atoms with Crippen LogP contribution in [0.1, 0.15) is 65.7 Å². The minimum absolute atomic E-state index is 0.0360. The Kier molecular flexibility index (Phi) is 4.71. The van der Waals surface area contributed by atoms with Crippen LogP contribution in [0.25, 0.3) is 0 Å². The lowest BCUT2D eigenvalue weighted by Gasteiger charge is -2.47. The zero-order chi connectivity index (χ0) is 13.2. The van der Waals surface area contributed by atoms with E-state index in [1.165, 1.54) is 58.0 Å². The molecule has 18 heavy (non-hydrogen) atoms. The van der Waals surface area contributed by atoms with E-state index >= 15 is 0 Å². The van der Waals surface area contributed by atoms with Crippen LogP contribution in [0, 0.1) is 11.8 Å². The van der Waals surface area contributed by atoms with Crippen LogP contribution in [0.4, 0.5) is 0 Å². The quantitative estimate of drug-likeness (QED) is 0.833. The number of rotatable bonds is 3. The topological polar surface area (TPSA) is 23.5 Å². The van der Waals surface area contributed by atoms with Crippen LogP contribution in [0.2, 0.25) is 0 Å². The molecule has 2 fully saturated rings. The monoisotopic (exact) mass is 253 g/mol. The van der Waals surface area contributed by atoms with Gasteiger partial charge >= 0.3 is 0 Å². The molecule has 106 valence electrons. The van der Waals surface area contributed by atoms with Gasteiger partial charge in [0.15, 0.2) is 0 Å². The zero-order valence-electron chi connectivity index (χ0n) is 12.5. The molecule has 1 saturated carbocycles. The fraction of sp³-hybridized carbons (Fsp3) is 1.00. The van der Waals surface area contributed by atoms with Gasteiger partial charge in [0.25, 0.3) is 0 Å². The third-order valence-electron chi connectivity index (χ3n) is 5.40. The molecule has 1 aliphatic carbocycles. The van der Waals surface area contributed by atoms with Gasteiger partial charge in [-0.3, -0.25) is 4.90 Å². The van der Waals surface area contributed by atoms with Gasteiger partial charge in [0.2, 0.25) is 0 Å². The lowest BCUT2D eigenvalue weighted by Crippen LogP contribution is -2.56. The van der Waals surface area contributed by atoms with Crippen LogP contribution in [-0.2, 0) is 0 Å². The third-order valence-corrected chi connectivity index (χ3v) is 5.40. The van der Waals surface area contributed by atoms with Crippen molar-refractivity contribution in [1.29, 1.82) is 0 Å². The van der Waals surface area contributed by atoms with Gasteiger partial charge < -0.3 is 5.11 Å². The number of hydrogen-bond acceptors (Lipinski definition) is 2. The first-order valence-electron chi connectivity index (χ1n) is 7.95. The first-order valence-corrected chi connectivity index (χ1v) is 7.95. The maximum atomic E-state index is 10.8. The maximum Gasteiger partial charge on any atom is 0.0746 e. The van der Waals surface area contributed by atoms with Crippen molar-refractivity contribution < 1.29 is 5.11 Å². The van der Waals surface area contributed by atoms with Crippen LogP contribution in [0.15, 0.2) is 0 Å². The Morgan fingerprint density at radius 1 is 1.00 bits per heavy atom. The Balaban J connectivity index is 1.95. The van der Waals surface area contributed by atoms with Crippen molar-refractivity contribution in [1.82, 2.24) is 4.90 Å². The predicted octanol–water partition coefficient (Wildman–Crippen LogP) is 3.44. The highest BCUT2D eigenvalue weighted by molar-refractivity contribution is 4.94. The van der Waals surface area contributed by atoms with Crippen LogP contribution < -0.4 is 0 Å². The summed E-state index contributed by atoms with van der Waals surface area (Å²) in [7, 11) is 0. The van der Waals surface area contributed by atoms with Gasteiger partial charge in [-0.2, -0.15) is 0 Å². The summed E-state index contributed by atoms with van der Waals surface area (Å²) in [6.45, 7) is 9.20. The number of aliphatic hydroxyl groups excluding tert-OH is 1. The van der Waals surface area contributed by atoms with E-state index in [4.69, 9.17) is 0 Å². The molecule has 0 aromatic carbocycles. The second-order valence-electron chi connectivity index (χ2n) is 7.17. The number of hydrogen-bond donors (Lipinski definition) is 1. The van der Waals surface area contributed by atoms with Crippen molar-refractivity contribution in [2.24, 2.45) is 11.8 Å². The molecule has 2 nitrogen and oxygen atoms in total. The van der Waals surface area contributed by atoms with E-state index in [2.05, 4.69) is 25.7 Å². The molecule has 2 aliphatic rings. The maximum absolute atomic E-state index is 10.8. The summed E-state index contributed by atoms with van der Waals surface area (Å²) < 4.78 is 0. The zero-order valence-corrected chi connectivity index (χ0v) is 12.5. The van der Waals surface area contributed by atoms with Gasteiger partial charge in [0, 0.05) is 5.54 Å². The van der Waals surface area contributed by atoms with E-state index < -0.39 is 0 Å². The number of likely N-dealkylation sites (tertiary alicyclic amines) is 1. The summed E-state index contributed by atoms with van der Waals surface area (Å²) >= 11 is 0. The van der Waals surface area contributed by atoms with E-state index in [1.54, 1.807) is 0 Å². The van der Waals surface area contributed by atoms with E-state index in [0.29, 0.717) is 5.92 Å².